The highest BCUT2D eigenvalue weighted by Gasteiger charge is 2.21. The van der Waals surface area contributed by atoms with Crippen LogP contribution in [0.5, 0.6) is 0 Å². The third kappa shape index (κ3) is 2.49. The van der Waals surface area contributed by atoms with Crippen LogP contribution in [-0.4, -0.2) is 15.7 Å². The Bertz CT molecular complexity index is 416. The minimum Gasteiger partial charge on any atom is -0.345 e. The van der Waals surface area contributed by atoms with Gasteiger partial charge in [0.1, 0.15) is 0 Å². The lowest BCUT2D eigenvalue weighted by Gasteiger charge is -2.26. The maximum absolute atomic E-state index is 11.8. The molecular weight excluding hydrogens is 278 g/mol. The number of hydrogen-bond acceptors (Lipinski definition) is 1. The van der Waals surface area contributed by atoms with E-state index >= 15 is 0 Å². The van der Waals surface area contributed by atoms with Crippen molar-refractivity contribution in [2.45, 2.75) is 52.0 Å². The normalized spacial score (nSPS) is 17.4. The highest BCUT2D eigenvalue weighted by molar-refractivity contribution is 9.09. The minimum atomic E-state index is 0.195. The zero-order chi connectivity index (χ0) is 12.4. The smallest absolute Gasteiger partial charge is 0.175 e. The number of Topliss-reactive ketones (excluding diaryl/α,β-unsaturated/α-hetero) is 1. The first-order valence-electron chi connectivity index (χ1n) is 6.42. The second-order valence-electron chi connectivity index (χ2n) is 5.00. The topological polar surface area (TPSA) is 22.0 Å². The number of aryl methyl sites for hydroxylation is 1. The van der Waals surface area contributed by atoms with Crippen LogP contribution in [-0.2, 0) is 0 Å². The van der Waals surface area contributed by atoms with Gasteiger partial charge in [0.25, 0.3) is 0 Å². The van der Waals surface area contributed by atoms with Crippen LogP contribution in [0.2, 0.25) is 0 Å². The molecule has 1 saturated carbocycles. The molecule has 0 unspecified atom stereocenters. The Balaban J connectivity index is 2.33. The van der Waals surface area contributed by atoms with Gasteiger partial charge in [0.2, 0.25) is 0 Å². The highest BCUT2D eigenvalue weighted by Crippen LogP contribution is 2.32. The molecule has 1 aliphatic carbocycles. The number of rotatable bonds is 3. The maximum Gasteiger partial charge on any atom is 0.175 e. The van der Waals surface area contributed by atoms with Crippen LogP contribution in [0.25, 0.3) is 0 Å². The van der Waals surface area contributed by atoms with Gasteiger partial charge in [-0.3, -0.25) is 4.79 Å². The van der Waals surface area contributed by atoms with Crippen LogP contribution in [0.15, 0.2) is 6.07 Å². The summed E-state index contributed by atoms with van der Waals surface area (Å²) in [6, 6.07) is 2.66. The van der Waals surface area contributed by atoms with Gasteiger partial charge in [0.15, 0.2) is 5.78 Å². The Morgan fingerprint density at radius 3 is 2.59 bits per heavy atom. The van der Waals surface area contributed by atoms with Crippen molar-refractivity contribution in [2.24, 2.45) is 0 Å². The van der Waals surface area contributed by atoms with Crippen molar-refractivity contribution in [3.05, 3.63) is 23.0 Å². The Hall–Kier alpha value is -0.570. The largest absolute Gasteiger partial charge is 0.345 e. The molecule has 0 aromatic carbocycles. The molecular formula is C14H20BrNO. The summed E-state index contributed by atoms with van der Waals surface area (Å²) in [5.74, 6) is 0.195. The number of nitrogens with zero attached hydrogens (tertiary/aromatic N) is 1. The van der Waals surface area contributed by atoms with Crippen molar-refractivity contribution in [3.63, 3.8) is 0 Å². The number of carbonyl (C=O) groups is 1. The number of ketones is 1. The Morgan fingerprint density at radius 2 is 2.00 bits per heavy atom. The lowest BCUT2D eigenvalue weighted by atomic mass is 9.95. The summed E-state index contributed by atoms with van der Waals surface area (Å²) in [6.45, 7) is 4.20. The van der Waals surface area contributed by atoms with Gasteiger partial charge in [-0.15, -0.1) is 0 Å². The highest BCUT2D eigenvalue weighted by atomic mass is 79.9. The first-order chi connectivity index (χ1) is 8.15. The van der Waals surface area contributed by atoms with Crippen molar-refractivity contribution in [1.29, 1.82) is 0 Å². The van der Waals surface area contributed by atoms with E-state index in [9.17, 15) is 4.79 Å². The second-order valence-corrected chi connectivity index (χ2v) is 5.56. The lowest BCUT2D eigenvalue weighted by Crippen LogP contribution is -2.16. The number of hydrogen-bond donors (Lipinski definition) is 0. The fourth-order valence-corrected chi connectivity index (χ4v) is 3.33. The van der Waals surface area contributed by atoms with Crippen LogP contribution in [0.3, 0.4) is 0 Å². The molecule has 0 radical (unpaired) electrons. The van der Waals surface area contributed by atoms with Gasteiger partial charge < -0.3 is 4.57 Å². The van der Waals surface area contributed by atoms with Crippen LogP contribution in [0.1, 0.15) is 59.9 Å². The molecule has 94 valence electrons. The third-order valence-electron chi connectivity index (χ3n) is 3.85. The standard InChI is InChI=1S/C14H20BrNO/c1-10-8-13(14(17)9-15)11(2)16(10)12-6-4-3-5-7-12/h8,12H,3-7,9H2,1-2H3. The van der Waals surface area contributed by atoms with Crippen molar-refractivity contribution in [1.82, 2.24) is 4.57 Å². The predicted octanol–water partition coefficient (Wildman–Crippen LogP) is 4.19. The summed E-state index contributed by atoms with van der Waals surface area (Å²) in [5.41, 5.74) is 3.28. The molecule has 0 amide bonds. The van der Waals surface area contributed by atoms with E-state index < -0.39 is 0 Å². The fourth-order valence-electron chi connectivity index (χ4n) is 3.03. The van der Waals surface area contributed by atoms with Gasteiger partial charge >= 0.3 is 0 Å². The molecule has 0 aliphatic heterocycles. The average molecular weight is 298 g/mol. The first kappa shape index (κ1) is 12.9. The molecule has 17 heavy (non-hydrogen) atoms. The monoisotopic (exact) mass is 297 g/mol. The van der Waals surface area contributed by atoms with E-state index in [1.54, 1.807) is 0 Å². The zero-order valence-corrected chi connectivity index (χ0v) is 12.2. The van der Waals surface area contributed by atoms with E-state index in [4.69, 9.17) is 0 Å². The molecule has 1 aromatic heterocycles. The van der Waals surface area contributed by atoms with Crippen LogP contribution in [0, 0.1) is 13.8 Å². The van der Waals surface area contributed by atoms with Crippen LogP contribution < -0.4 is 0 Å². The number of aromatic nitrogens is 1. The van der Waals surface area contributed by atoms with E-state index in [0.29, 0.717) is 11.4 Å². The van der Waals surface area contributed by atoms with Gasteiger partial charge in [-0.25, -0.2) is 0 Å². The van der Waals surface area contributed by atoms with Gasteiger partial charge in [-0.05, 0) is 32.8 Å². The third-order valence-corrected chi connectivity index (χ3v) is 4.36. The molecule has 0 atom stereocenters. The van der Waals surface area contributed by atoms with Gasteiger partial charge in [-0.2, -0.15) is 0 Å². The number of alkyl halides is 1. The summed E-state index contributed by atoms with van der Waals surface area (Å²) in [7, 11) is 0. The molecule has 0 saturated heterocycles. The molecule has 1 aliphatic rings. The molecule has 1 heterocycles. The average Bonchev–Trinajstić information content (AvgIpc) is 2.65. The molecule has 3 heteroatoms. The summed E-state index contributed by atoms with van der Waals surface area (Å²) < 4.78 is 2.38. The van der Waals surface area contributed by atoms with E-state index in [2.05, 4.69) is 34.3 Å². The van der Waals surface area contributed by atoms with E-state index in [-0.39, 0.29) is 5.78 Å². The Kier molecular flexibility index (Phi) is 4.08. The molecule has 2 rings (SSSR count). The first-order valence-corrected chi connectivity index (χ1v) is 7.55. The summed E-state index contributed by atoms with van der Waals surface area (Å²) in [4.78, 5) is 11.8. The van der Waals surface area contributed by atoms with Gasteiger partial charge in [0.05, 0.1) is 5.33 Å². The number of carbonyl (C=O) groups excluding carboxylic acids is 1. The van der Waals surface area contributed by atoms with Crippen molar-refractivity contribution in [3.8, 4) is 0 Å². The maximum atomic E-state index is 11.8. The van der Waals surface area contributed by atoms with Crippen molar-refractivity contribution < 1.29 is 4.79 Å². The summed E-state index contributed by atoms with van der Waals surface area (Å²) in [6.07, 6.45) is 6.53. The quantitative estimate of drug-likeness (QED) is 0.606. The molecule has 0 spiro atoms. The predicted molar refractivity (Wildman–Crippen MR) is 74.2 cm³/mol. The Morgan fingerprint density at radius 1 is 1.35 bits per heavy atom. The molecule has 1 aromatic rings. The second kappa shape index (κ2) is 5.38. The van der Waals surface area contributed by atoms with Gasteiger partial charge in [0, 0.05) is 23.0 Å². The molecule has 2 nitrogen and oxygen atoms in total. The van der Waals surface area contributed by atoms with E-state index in [0.717, 1.165) is 11.3 Å². The van der Waals surface area contributed by atoms with Crippen LogP contribution in [0.4, 0.5) is 0 Å². The summed E-state index contributed by atoms with van der Waals surface area (Å²) in [5, 5.41) is 0.419. The summed E-state index contributed by atoms with van der Waals surface area (Å²) >= 11 is 3.26. The van der Waals surface area contributed by atoms with E-state index in [1.165, 1.54) is 37.8 Å². The molecule has 0 N–H and O–H groups in total. The van der Waals surface area contributed by atoms with E-state index in [1.807, 2.05) is 6.07 Å². The number of halogens is 1. The fraction of sp³-hybridized carbons (Fsp3) is 0.643. The zero-order valence-electron chi connectivity index (χ0n) is 10.6. The molecule has 0 bridgehead atoms. The van der Waals surface area contributed by atoms with Crippen molar-refractivity contribution in [2.75, 3.05) is 5.33 Å². The van der Waals surface area contributed by atoms with Crippen LogP contribution >= 0.6 is 15.9 Å². The molecule has 1 fully saturated rings. The van der Waals surface area contributed by atoms with Gasteiger partial charge in [-0.1, -0.05) is 35.2 Å². The Labute approximate surface area is 112 Å². The SMILES string of the molecule is Cc1cc(C(=O)CBr)c(C)n1C1CCCCC1. The van der Waals surface area contributed by atoms with Crippen molar-refractivity contribution >= 4 is 21.7 Å². The minimum absolute atomic E-state index is 0.195. The lowest BCUT2D eigenvalue weighted by molar-refractivity contribution is 0.102.